The molecule has 0 aromatic heterocycles. The van der Waals surface area contributed by atoms with Crippen molar-refractivity contribution in [1.82, 2.24) is 5.32 Å². The number of esters is 1. The second-order valence-corrected chi connectivity index (χ2v) is 10.8. The Kier molecular flexibility index (Phi) is 8.85. The van der Waals surface area contributed by atoms with Crippen molar-refractivity contribution in [3.8, 4) is 5.75 Å². The number of carbonyl (C=O) groups excluding carboxylic acids is 2. The highest BCUT2D eigenvalue weighted by atomic mass is 16.7. The van der Waals surface area contributed by atoms with E-state index in [2.05, 4.69) is 37.4 Å². The summed E-state index contributed by atoms with van der Waals surface area (Å²) in [6.45, 7) is 9.69. The van der Waals surface area contributed by atoms with Gasteiger partial charge in [0.05, 0.1) is 48.7 Å². The lowest BCUT2D eigenvalue weighted by Gasteiger charge is -2.38. The minimum absolute atomic E-state index is 0.00565. The molecule has 202 valence electrons. The Labute approximate surface area is 219 Å². The largest absolute Gasteiger partial charge is 0.426 e. The molecule has 3 heterocycles. The fraction of sp³-hybridized carbons (Fsp3) is 0.586. The molecule has 3 aliphatic rings. The van der Waals surface area contributed by atoms with E-state index in [4.69, 9.17) is 23.7 Å². The number of benzene rings is 1. The number of allylic oxidation sites excluding steroid dienone is 2. The minimum Gasteiger partial charge on any atom is -0.426 e. The summed E-state index contributed by atoms with van der Waals surface area (Å²) in [6, 6.07) is 6.42. The number of hydrogen-bond donors (Lipinski definition) is 1. The van der Waals surface area contributed by atoms with E-state index >= 15 is 0 Å². The van der Waals surface area contributed by atoms with Crippen molar-refractivity contribution in [2.75, 3.05) is 19.8 Å². The molecule has 3 saturated heterocycles. The van der Waals surface area contributed by atoms with Gasteiger partial charge in [-0.2, -0.15) is 0 Å². The van der Waals surface area contributed by atoms with Gasteiger partial charge in [-0.3, -0.25) is 9.59 Å². The van der Waals surface area contributed by atoms with E-state index in [0.717, 1.165) is 25.0 Å². The maximum atomic E-state index is 12.8. The van der Waals surface area contributed by atoms with Crippen molar-refractivity contribution in [3.63, 3.8) is 0 Å². The molecular formula is C29H39NO7. The first-order chi connectivity index (χ1) is 17.7. The molecule has 0 radical (unpaired) electrons. The molecule has 0 unspecified atom stereocenters. The number of rotatable bonds is 9. The van der Waals surface area contributed by atoms with Crippen molar-refractivity contribution >= 4 is 11.9 Å². The highest BCUT2D eigenvalue weighted by Crippen LogP contribution is 2.46. The zero-order valence-corrected chi connectivity index (χ0v) is 22.3. The van der Waals surface area contributed by atoms with E-state index < -0.39 is 0 Å². The normalized spacial score (nSPS) is 29.3. The third-order valence-corrected chi connectivity index (χ3v) is 6.66. The molecule has 1 N–H and O–H groups in total. The fourth-order valence-electron chi connectivity index (χ4n) is 4.89. The van der Waals surface area contributed by atoms with Crippen LogP contribution < -0.4 is 10.1 Å². The van der Waals surface area contributed by atoms with Gasteiger partial charge in [-0.05, 0) is 39.3 Å². The van der Waals surface area contributed by atoms with Crippen LogP contribution in [0.5, 0.6) is 5.75 Å². The van der Waals surface area contributed by atoms with Gasteiger partial charge in [-0.25, -0.2) is 0 Å². The van der Waals surface area contributed by atoms with Crippen LogP contribution in [-0.4, -0.2) is 61.3 Å². The molecule has 1 amide bonds. The molecule has 0 bridgehead atoms. The van der Waals surface area contributed by atoms with Gasteiger partial charge < -0.3 is 29.0 Å². The maximum Gasteiger partial charge on any atom is 0.311 e. The average Bonchev–Trinajstić information content (AvgIpc) is 3.58. The Morgan fingerprint density at radius 1 is 1.19 bits per heavy atom. The van der Waals surface area contributed by atoms with E-state index in [1.165, 1.54) is 0 Å². The Bertz CT molecular complexity index is 1010. The van der Waals surface area contributed by atoms with Gasteiger partial charge in [0.25, 0.3) is 5.91 Å². The molecule has 3 fully saturated rings. The number of para-hydroxylation sites is 1. The summed E-state index contributed by atoms with van der Waals surface area (Å²) in [5, 5.41) is 2.91. The highest BCUT2D eigenvalue weighted by Gasteiger charge is 2.53. The van der Waals surface area contributed by atoms with Crippen molar-refractivity contribution in [3.05, 3.63) is 53.6 Å². The van der Waals surface area contributed by atoms with E-state index in [9.17, 15) is 9.59 Å². The Morgan fingerprint density at radius 3 is 2.62 bits per heavy atom. The lowest BCUT2D eigenvalue weighted by molar-refractivity contribution is -0.185. The molecule has 0 aliphatic carbocycles. The van der Waals surface area contributed by atoms with Crippen LogP contribution in [0, 0.1) is 0 Å². The lowest BCUT2D eigenvalue weighted by atomic mass is 9.85. The Hall–Kier alpha value is -2.52. The number of ether oxygens (including phenoxy) is 5. The number of carbonyl (C=O) groups is 2. The standard InChI is InChI=1S/C29H39NO7/c1-5-8-25(31)36-24-10-7-6-9-23(24)27(32)30-21-16-33-26(34-17-21)14-12-20(2)11-13-22-15-29(19-35-29)18-28(3,4)37-22/h6-7,9-13,21-22,26H,5,8,14-19H2,1-4H3,(H,30,32)/b13-11+,20-12+/t21?,22-,26?,29+/m0/s1. The van der Waals surface area contributed by atoms with Crippen LogP contribution in [0.25, 0.3) is 0 Å². The number of nitrogens with one attached hydrogen (secondary N) is 1. The van der Waals surface area contributed by atoms with Crippen LogP contribution in [0.4, 0.5) is 0 Å². The van der Waals surface area contributed by atoms with Crippen LogP contribution in [0.1, 0.15) is 70.2 Å². The summed E-state index contributed by atoms with van der Waals surface area (Å²) in [6.07, 6.45) is 9.38. The lowest BCUT2D eigenvalue weighted by Crippen LogP contribution is -2.47. The highest BCUT2D eigenvalue weighted by molar-refractivity contribution is 5.97. The maximum absolute atomic E-state index is 12.8. The molecule has 1 aromatic carbocycles. The van der Waals surface area contributed by atoms with Gasteiger partial charge in [-0.15, -0.1) is 0 Å². The molecule has 1 aromatic rings. The predicted molar refractivity (Wildman–Crippen MR) is 138 cm³/mol. The molecule has 3 aliphatic heterocycles. The van der Waals surface area contributed by atoms with E-state index in [1.807, 2.05) is 13.8 Å². The molecule has 1 spiro atoms. The number of epoxide rings is 1. The first kappa shape index (κ1) is 27.5. The molecule has 8 heteroatoms. The topological polar surface area (TPSA) is 95.6 Å². The molecule has 37 heavy (non-hydrogen) atoms. The van der Waals surface area contributed by atoms with Crippen molar-refractivity contribution in [1.29, 1.82) is 0 Å². The Balaban J connectivity index is 1.22. The molecule has 4 rings (SSSR count). The molecule has 0 saturated carbocycles. The van der Waals surface area contributed by atoms with Crippen molar-refractivity contribution in [2.24, 2.45) is 0 Å². The molecular weight excluding hydrogens is 474 g/mol. The molecule has 8 nitrogen and oxygen atoms in total. The fourth-order valence-corrected chi connectivity index (χ4v) is 4.89. The summed E-state index contributed by atoms with van der Waals surface area (Å²) in [4.78, 5) is 24.7. The van der Waals surface area contributed by atoms with E-state index in [-0.39, 0.29) is 47.3 Å². The van der Waals surface area contributed by atoms with Crippen LogP contribution in [0.2, 0.25) is 0 Å². The first-order valence-corrected chi connectivity index (χ1v) is 13.2. The SMILES string of the molecule is CCCC(=O)Oc1ccccc1C(=O)NC1COC(C/C=C(C)/C=C/[C@H]2C[C@]3(CO3)CC(C)(C)O2)OC1. The van der Waals surface area contributed by atoms with Gasteiger partial charge in [-0.1, -0.05) is 42.9 Å². The Morgan fingerprint density at radius 2 is 1.92 bits per heavy atom. The second-order valence-electron chi connectivity index (χ2n) is 10.8. The quantitative estimate of drug-likeness (QED) is 0.225. The van der Waals surface area contributed by atoms with Gasteiger partial charge in [0, 0.05) is 25.7 Å². The van der Waals surface area contributed by atoms with Crippen molar-refractivity contribution < 1.29 is 33.3 Å². The number of amides is 1. The smallest absolute Gasteiger partial charge is 0.311 e. The monoisotopic (exact) mass is 513 g/mol. The van der Waals surface area contributed by atoms with Gasteiger partial charge in [0.15, 0.2) is 6.29 Å². The van der Waals surface area contributed by atoms with Crippen LogP contribution >= 0.6 is 0 Å². The zero-order valence-electron chi connectivity index (χ0n) is 22.3. The van der Waals surface area contributed by atoms with Crippen LogP contribution in [-0.2, 0) is 23.7 Å². The second kappa shape index (κ2) is 11.9. The summed E-state index contributed by atoms with van der Waals surface area (Å²) >= 11 is 0. The average molecular weight is 514 g/mol. The zero-order chi connectivity index (χ0) is 26.5. The van der Waals surface area contributed by atoms with Gasteiger partial charge >= 0.3 is 5.97 Å². The predicted octanol–water partition coefficient (Wildman–Crippen LogP) is 4.48. The summed E-state index contributed by atoms with van der Waals surface area (Å²) < 4.78 is 28.9. The number of hydrogen-bond acceptors (Lipinski definition) is 7. The summed E-state index contributed by atoms with van der Waals surface area (Å²) in [5.74, 6) is -0.434. The van der Waals surface area contributed by atoms with E-state index in [1.54, 1.807) is 24.3 Å². The first-order valence-electron chi connectivity index (χ1n) is 13.2. The van der Waals surface area contributed by atoms with Crippen LogP contribution in [0.15, 0.2) is 48.1 Å². The van der Waals surface area contributed by atoms with Gasteiger partial charge in [0.2, 0.25) is 0 Å². The third-order valence-electron chi connectivity index (χ3n) is 6.66. The minimum atomic E-state index is -0.369. The van der Waals surface area contributed by atoms with Gasteiger partial charge in [0.1, 0.15) is 5.75 Å². The summed E-state index contributed by atoms with van der Waals surface area (Å²) in [7, 11) is 0. The summed E-state index contributed by atoms with van der Waals surface area (Å²) in [5.41, 5.74) is 1.24. The third kappa shape index (κ3) is 7.98. The van der Waals surface area contributed by atoms with E-state index in [0.29, 0.717) is 38.0 Å². The van der Waals surface area contributed by atoms with Crippen LogP contribution in [0.3, 0.4) is 0 Å². The molecule has 2 atom stereocenters. The van der Waals surface area contributed by atoms with Crippen molar-refractivity contribution in [2.45, 2.75) is 89.4 Å².